The summed E-state index contributed by atoms with van der Waals surface area (Å²) in [6.45, 7) is 1.55. The molecule has 7 nitrogen and oxygen atoms in total. The number of benzene rings is 2. The number of carbonyl (C=O) groups is 2. The summed E-state index contributed by atoms with van der Waals surface area (Å²) in [5.41, 5.74) is 1.57. The summed E-state index contributed by atoms with van der Waals surface area (Å²) in [7, 11) is 1.55. The van der Waals surface area contributed by atoms with Gasteiger partial charge in [0.2, 0.25) is 5.78 Å². The van der Waals surface area contributed by atoms with Gasteiger partial charge in [-0.3, -0.25) is 4.79 Å². The van der Waals surface area contributed by atoms with Crippen molar-refractivity contribution in [1.82, 2.24) is 14.8 Å². The van der Waals surface area contributed by atoms with Crippen LogP contribution in [0.2, 0.25) is 0 Å². The smallest absolute Gasteiger partial charge is 0.338 e. The zero-order chi connectivity index (χ0) is 18.5. The highest BCUT2D eigenvalue weighted by Gasteiger charge is 2.20. The highest BCUT2D eigenvalue weighted by molar-refractivity contribution is 6.01. The van der Waals surface area contributed by atoms with E-state index in [1.165, 1.54) is 6.33 Å². The van der Waals surface area contributed by atoms with Crippen molar-refractivity contribution in [1.29, 1.82) is 0 Å². The van der Waals surface area contributed by atoms with E-state index in [0.29, 0.717) is 16.9 Å². The van der Waals surface area contributed by atoms with Crippen LogP contribution in [0.3, 0.4) is 0 Å². The Kier molecular flexibility index (Phi) is 5.07. The first-order valence-corrected chi connectivity index (χ1v) is 7.93. The summed E-state index contributed by atoms with van der Waals surface area (Å²) >= 11 is 0. The van der Waals surface area contributed by atoms with Gasteiger partial charge in [-0.25, -0.2) is 14.5 Å². The molecule has 1 heterocycles. The van der Waals surface area contributed by atoms with Gasteiger partial charge in [-0.2, -0.15) is 5.10 Å². The summed E-state index contributed by atoms with van der Waals surface area (Å²) in [5.74, 6) is -0.191. The highest BCUT2D eigenvalue weighted by atomic mass is 16.5. The predicted molar refractivity (Wildman–Crippen MR) is 93.6 cm³/mol. The third-order valence-electron chi connectivity index (χ3n) is 3.81. The Morgan fingerprint density at radius 2 is 1.65 bits per heavy atom. The number of hydrogen-bond acceptors (Lipinski definition) is 6. The normalized spacial score (nSPS) is 11.6. The van der Waals surface area contributed by atoms with Crippen LogP contribution < -0.4 is 4.74 Å². The molecule has 132 valence electrons. The molecule has 0 aliphatic rings. The second-order valence-corrected chi connectivity index (χ2v) is 5.53. The fourth-order valence-corrected chi connectivity index (χ4v) is 2.36. The average molecular weight is 351 g/mol. The van der Waals surface area contributed by atoms with Crippen molar-refractivity contribution < 1.29 is 19.1 Å². The minimum Gasteiger partial charge on any atom is -0.497 e. The summed E-state index contributed by atoms with van der Waals surface area (Å²) in [5, 5.41) is 4.01. The first-order valence-electron chi connectivity index (χ1n) is 7.93. The minimum atomic E-state index is -0.897. The molecule has 26 heavy (non-hydrogen) atoms. The van der Waals surface area contributed by atoms with Gasteiger partial charge in [-0.1, -0.05) is 0 Å². The summed E-state index contributed by atoms with van der Waals surface area (Å²) in [4.78, 5) is 28.5. The SMILES string of the molecule is COc1ccc(C(=O)[C@@H](C)OC(=O)c2ccc(-n3cncn3)cc2)cc1. The number of methoxy groups -OCH3 is 1. The molecule has 0 saturated heterocycles. The Balaban J connectivity index is 1.65. The number of nitrogens with zero attached hydrogens (tertiary/aromatic N) is 3. The fourth-order valence-electron chi connectivity index (χ4n) is 2.36. The van der Waals surface area contributed by atoms with E-state index in [9.17, 15) is 9.59 Å². The van der Waals surface area contributed by atoms with Gasteiger partial charge in [0.25, 0.3) is 0 Å². The summed E-state index contributed by atoms with van der Waals surface area (Å²) < 4.78 is 11.9. The van der Waals surface area contributed by atoms with Crippen molar-refractivity contribution >= 4 is 11.8 Å². The van der Waals surface area contributed by atoms with Gasteiger partial charge in [0.1, 0.15) is 18.4 Å². The first kappa shape index (κ1) is 17.3. The van der Waals surface area contributed by atoms with Crippen molar-refractivity contribution in [2.75, 3.05) is 7.11 Å². The van der Waals surface area contributed by atoms with E-state index in [1.54, 1.807) is 73.6 Å². The van der Waals surface area contributed by atoms with Crippen LogP contribution >= 0.6 is 0 Å². The predicted octanol–water partition coefficient (Wildman–Crippen LogP) is 2.70. The van der Waals surface area contributed by atoms with Crippen LogP contribution in [-0.2, 0) is 4.74 Å². The molecule has 0 N–H and O–H groups in total. The standard InChI is InChI=1S/C19H17N3O4/c1-13(18(23)14-5-9-17(25-2)10-6-14)26-19(24)15-3-7-16(8-4-15)22-12-20-11-21-22/h3-13H,1-2H3/t13-/m1/s1. The Morgan fingerprint density at radius 1 is 1.00 bits per heavy atom. The molecule has 3 rings (SSSR count). The van der Waals surface area contributed by atoms with E-state index in [0.717, 1.165) is 5.69 Å². The van der Waals surface area contributed by atoms with E-state index >= 15 is 0 Å². The van der Waals surface area contributed by atoms with Crippen LogP contribution in [0.1, 0.15) is 27.6 Å². The molecule has 0 bridgehead atoms. The van der Waals surface area contributed by atoms with Crippen LogP contribution in [0, 0.1) is 0 Å². The topological polar surface area (TPSA) is 83.3 Å². The number of ether oxygens (including phenoxy) is 2. The van der Waals surface area contributed by atoms with E-state index in [2.05, 4.69) is 10.1 Å². The number of Topliss-reactive ketones (excluding diaryl/α,β-unsaturated/α-hetero) is 1. The lowest BCUT2D eigenvalue weighted by atomic mass is 10.1. The lowest BCUT2D eigenvalue weighted by molar-refractivity contribution is 0.0319. The molecule has 0 aliphatic heterocycles. The minimum absolute atomic E-state index is 0.278. The molecular weight excluding hydrogens is 334 g/mol. The Hall–Kier alpha value is -3.48. The zero-order valence-corrected chi connectivity index (χ0v) is 14.3. The van der Waals surface area contributed by atoms with Gasteiger partial charge in [-0.05, 0) is 55.5 Å². The van der Waals surface area contributed by atoms with Gasteiger partial charge in [0.15, 0.2) is 6.10 Å². The fraction of sp³-hybridized carbons (Fsp3) is 0.158. The van der Waals surface area contributed by atoms with Crippen molar-refractivity contribution in [3.63, 3.8) is 0 Å². The quantitative estimate of drug-likeness (QED) is 0.501. The number of aromatic nitrogens is 3. The number of hydrogen-bond donors (Lipinski definition) is 0. The maximum absolute atomic E-state index is 12.4. The third kappa shape index (κ3) is 3.77. The molecule has 1 aromatic heterocycles. The highest BCUT2D eigenvalue weighted by Crippen LogP contribution is 2.15. The van der Waals surface area contributed by atoms with Crippen LogP contribution in [0.4, 0.5) is 0 Å². The number of rotatable bonds is 6. The number of carbonyl (C=O) groups excluding carboxylic acids is 2. The Morgan fingerprint density at radius 3 is 2.23 bits per heavy atom. The van der Waals surface area contributed by atoms with Gasteiger partial charge >= 0.3 is 5.97 Å². The first-order chi connectivity index (χ1) is 12.6. The van der Waals surface area contributed by atoms with Crippen molar-refractivity contribution in [2.24, 2.45) is 0 Å². The maximum atomic E-state index is 12.4. The van der Waals surface area contributed by atoms with Crippen molar-refractivity contribution in [3.8, 4) is 11.4 Å². The molecular formula is C19H17N3O4. The van der Waals surface area contributed by atoms with Gasteiger partial charge in [0, 0.05) is 5.56 Å². The van der Waals surface area contributed by atoms with Crippen LogP contribution in [-0.4, -0.2) is 39.7 Å². The largest absolute Gasteiger partial charge is 0.497 e. The van der Waals surface area contributed by atoms with Crippen molar-refractivity contribution in [3.05, 3.63) is 72.3 Å². The molecule has 7 heteroatoms. The molecule has 0 unspecified atom stereocenters. The number of ketones is 1. The maximum Gasteiger partial charge on any atom is 0.338 e. The van der Waals surface area contributed by atoms with Crippen LogP contribution in [0.5, 0.6) is 5.75 Å². The molecule has 0 radical (unpaired) electrons. The molecule has 0 saturated carbocycles. The van der Waals surface area contributed by atoms with Crippen molar-refractivity contribution in [2.45, 2.75) is 13.0 Å². The molecule has 0 fully saturated rings. The second-order valence-electron chi connectivity index (χ2n) is 5.53. The van der Waals surface area contributed by atoms with E-state index in [1.807, 2.05) is 0 Å². The van der Waals surface area contributed by atoms with Crippen LogP contribution in [0.15, 0.2) is 61.2 Å². The monoisotopic (exact) mass is 351 g/mol. The average Bonchev–Trinajstić information content (AvgIpc) is 3.22. The van der Waals surface area contributed by atoms with Crippen LogP contribution in [0.25, 0.3) is 5.69 Å². The van der Waals surface area contributed by atoms with Gasteiger partial charge < -0.3 is 9.47 Å². The third-order valence-corrected chi connectivity index (χ3v) is 3.81. The molecule has 1 atom stereocenters. The molecule has 3 aromatic rings. The Bertz CT molecular complexity index is 888. The van der Waals surface area contributed by atoms with Gasteiger partial charge in [0.05, 0.1) is 18.4 Å². The van der Waals surface area contributed by atoms with E-state index < -0.39 is 12.1 Å². The van der Waals surface area contributed by atoms with Gasteiger partial charge in [-0.15, -0.1) is 0 Å². The summed E-state index contributed by atoms with van der Waals surface area (Å²) in [6.07, 6.45) is 2.09. The molecule has 0 amide bonds. The summed E-state index contributed by atoms with van der Waals surface area (Å²) in [6, 6.07) is 13.3. The van der Waals surface area contributed by atoms with E-state index in [-0.39, 0.29) is 5.78 Å². The second kappa shape index (κ2) is 7.60. The molecule has 0 spiro atoms. The molecule has 2 aromatic carbocycles. The molecule has 0 aliphatic carbocycles. The lowest BCUT2D eigenvalue weighted by Crippen LogP contribution is -2.24. The van der Waals surface area contributed by atoms with E-state index in [4.69, 9.17) is 9.47 Å². The number of esters is 1. The Labute approximate surface area is 150 Å². The lowest BCUT2D eigenvalue weighted by Gasteiger charge is -2.13. The zero-order valence-electron chi connectivity index (χ0n) is 14.3.